The Kier molecular flexibility index (Phi) is 8.83. The Morgan fingerprint density at radius 3 is 2.66 bits per heavy atom. The zero-order valence-electron chi connectivity index (χ0n) is 15.4. The van der Waals surface area contributed by atoms with Crippen LogP contribution in [0.5, 0.6) is 0 Å². The van der Waals surface area contributed by atoms with E-state index in [1.165, 1.54) is 0 Å². The largest absolute Gasteiger partial charge is 0.406 e. The van der Waals surface area contributed by atoms with Gasteiger partial charge in [-0.05, 0) is 6.42 Å². The highest BCUT2D eigenvalue weighted by Gasteiger charge is 2.46. The van der Waals surface area contributed by atoms with Crippen molar-refractivity contribution in [2.75, 3.05) is 24.9 Å². The molecule has 0 amide bonds. The Morgan fingerprint density at radius 2 is 2.10 bits per heavy atom. The van der Waals surface area contributed by atoms with Gasteiger partial charge in [-0.15, -0.1) is 23.2 Å². The Bertz CT molecular complexity index is 834. The lowest BCUT2D eigenvalue weighted by molar-refractivity contribution is -0.0608. The molecule has 4 N–H and O–H groups in total. The highest BCUT2D eigenvalue weighted by atomic mass is 35.5. The summed E-state index contributed by atoms with van der Waals surface area (Å²) in [5.41, 5.74) is -1.70. The van der Waals surface area contributed by atoms with E-state index in [1.54, 1.807) is 6.92 Å². The molecule has 1 fully saturated rings. The number of H-pyrrole nitrogens is 1. The predicted octanol–water partition coefficient (Wildman–Crippen LogP) is -0.774. The summed E-state index contributed by atoms with van der Waals surface area (Å²) in [5, 5.41) is 23.9. The topological polar surface area (TPSA) is 167 Å². The van der Waals surface area contributed by atoms with Crippen molar-refractivity contribution >= 4 is 30.9 Å². The number of aliphatic hydroxyl groups excluding tert-OH is 2. The van der Waals surface area contributed by atoms with Gasteiger partial charge in [0.1, 0.15) is 24.5 Å². The molecule has 15 heteroatoms. The smallest absolute Gasteiger partial charge is 0.387 e. The first-order chi connectivity index (χ1) is 13.7. The molecule has 2 heterocycles. The summed E-state index contributed by atoms with van der Waals surface area (Å²) in [6.45, 7) is 1.25. The van der Waals surface area contributed by atoms with Gasteiger partial charge < -0.3 is 19.8 Å². The molecule has 1 aliphatic heterocycles. The molecule has 0 aromatic carbocycles. The van der Waals surface area contributed by atoms with Gasteiger partial charge in [0, 0.05) is 24.3 Å². The Balaban J connectivity index is 2.12. The number of aromatic amines is 1. The lowest BCUT2D eigenvalue weighted by Gasteiger charge is -2.32. The Labute approximate surface area is 175 Å². The van der Waals surface area contributed by atoms with Crippen LogP contribution >= 0.6 is 30.9 Å². The van der Waals surface area contributed by atoms with Crippen LogP contribution in [0.4, 0.5) is 0 Å². The van der Waals surface area contributed by atoms with E-state index in [2.05, 4.69) is 5.10 Å². The molecule has 1 saturated heterocycles. The number of aromatic nitrogens is 3. The van der Waals surface area contributed by atoms with E-state index in [-0.39, 0.29) is 18.3 Å². The average Bonchev–Trinajstić information content (AvgIpc) is 2.95. The van der Waals surface area contributed by atoms with Crippen molar-refractivity contribution < 1.29 is 28.9 Å². The van der Waals surface area contributed by atoms with E-state index in [9.17, 15) is 29.3 Å². The van der Waals surface area contributed by atoms with Crippen molar-refractivity contribution in [3.05, 3.63) is 27.0 Å². The first-order valence-electron chi connectivity index (χ1n) is 8.72. The molecule has 0 radical (unpaired) electrons. The van der Waals surface area contributed by atoms with Crippen molar-refractivity contribution in [3.8, 4) is 0 Å². The van der Waals surface area contributed by atoms with E-state index >= 15 is 0 Å². The van der Waals surface area contributed by atoms with Crippen molar-refractivity contribution in [3.63, 3.8) is 0 Å². The van der Waals surface area contributed by atoms with Gasteiger partial charge in [-0.3, -0.25) is 14.3 Å². The normalized spacial score (nSPS) is 27.8. The van der Waals surface area contributed by atoms with Gasteiger partial charge >= 0.3 is 13.4 Å². The third-order valence-electron chi connectivity index (χ3n) is 4.43. The molecule has 0 saturated carbocycles. The van der Waals surface area contributed by atoms with Crippen LogP contribution in [0, 0.1) is 0 Å². The number of alkyl halides is 2. The molecule has 0 spiro atoms. The van der Waals surface area contributed by atoms with Crippen LogP contribution in [0.2, 0.25) is 0 Å². The van der Waals surface area contributed by atoms with Gasteiger partial charge in [0.25, 0.3) is 5.56 Å². The Morgan fingerprint density at radius 1 is 1.41 bits per heavy atom. The second-order valence-corrected chi connectivity index (χ2v) is 8.72. The first kappa shape index (κ1) is 24.4. The van der Waals surface area contributed by atoms with Crippen LogP contribution in [-0.4, -0.2) is 83.8 Å². The quantitative estimate of drug-likeness (QED) is 0.248. The lowest BCUT2D eigenvalue weighted by atomic mass is 10.1. The predicted molar refractivity (Wildman–Crippen MR) is 103 cm³/mol. The van der Waals surface area contributed by atoms with Gasteiger partial charge in [0.2, 0.25) is 0 Å². The fourth-order valence-electron chi connectivity index (χ4n) is 2.86. The van der Waals surface area contributed by atoms with Crippen LogP contribution in [-0.2, 0) is 13.8 Å². The van der Waals surface area contributed by atoms with E-state index in [1.807, 2.05) is 4.98 Å². The molecule has 29 heavy (non-hydrogen) atoms. The van der Waals surface area contributed by atoms with E-state index in [4.69, 9.17) is 32.5 Å². The van der Waals surface area contributed by atoms with Crippen molar-refractivity contribution in [2.24, 2.45) is 0 Å². The number of hydrogen-bond acceptors (Lipinski definition) is 8. The van der Waals surface area contributed by atoms with Crippen LogP contribution in [0.1, 0.15) is 19.6 Å². The van der Waals surface area contributed by atoms with Gasteiger partial charge in [-0.25, -0.2) is 14.0 Å². The minimum Gasteiger partial charge on any atom is -0.387 e. The monoisotopic (exact) mass is 476 g/mol. The van der Waals surface area contributed by atoms with E-state index < -0.39 is 56.2 Å². The number of rotatable bonds is 10. The maximum atomic E-state index is 12.7. The molecule has 0 aliphatic carbocycles. The molecule has 6 atom stereocenters. The molecular weight excluding hydrogens is 454 g/mol. The first-order valence-corrected chi connectivity index (χ1v) is 11.3. The molecule has 1 aromatic rings. The summed E-state index contributed by atoms with van der Waals surface area (Å²) in [6, 6.07) is -0.470. The van der Waals surface area contributed by atoms with Crippen molar-refractivity contribution in [1.82, 2.24) is 19.4 Å². The molecule has 166 valence electrons. The number of nitrogens with one attached hydrogen (secondary N) is 1. The van der Waals surface area contributed by atoms with Gasteiger partial charge in [0.05, 0.1) is 6.61 Å². The maximum Gasteiger partial charge on any atom is 0.406 e. The summed E-state index contributed by atoms with van der Waals surface area (Å²) in [4.78, 5) is 35.2. The second-order valence-electron chi connectivity index (χ2n) is 6.28. The van der Waals surface area contributed by atoms with Gasteiger partial charge in [0.15, 0.2) is 6.23 Å². The van der Waals surface area contributed by atoms with Crippen molar-refractivity contribution in [2.45, 2.75) is 43.9 Å². The highest BCUT2D eigenvalue weighted by molar-refractivity contribution is 7.50. The number of halogens is 2. The zero-order valence-corrected chi connectivity index (χ0v) is 17.8. The summed E-state index contributed by atoms with van der Waals surface area (Å²) in [7, 11) is -4.35. The Hall–Kier alpha value is -0.820. The number of ether oxygens (including phenoxy) is 1. The fourth-order valence-corrected chi connectivity index (χ4v) is 5.14. The SMILES string of the molecule is CCC(CCl)N(CCCl)P(=O)(O)OC[C@H]1O[C@@H](n2ncc(=O)[nH]c2=O)[C@H](O)[C@@H]1O. The zero-order chi connectivity index (χ0) is 21.8. The number of nitrogens with zero attached hydrogens (tertiary/aromatic N) is 3. The van der Waals surface area contributed by atoms with Crippen LogP contribution in [0.3, 0.4) is 0 Å². The maximum absolute atomic E-state index is 12.7. The van der Waals surface area contributed by atoms with Crippen LogP contribution in [0.25, 0.3) is 0 Å². The highest BCUT2D eigenvalue weighted by Crippen LogP contribution is 2.49. The third-order valence-corrected chi connectivity index (χ3v) is 6.62. The fraction of sp³-hybridized carbons (Fsp3) is 0.786. The summed E-state index contributed by atoms with van der Waals surface area (Å²) in [5.74, 6) is 0.136. The molecular formula is C14H23Cl2N4O8P. The minimum atomic E-state index is -4.35. The standard InChI is InChI=1S/C14H23Cl2N4O8P/c1-2-8(5-16)19(4-3-15)29(25,26)27-7-9-11(22)12(23)13(28-9)20-14(24)18-10(21)6-17-20/h6,8-9,11-13,22-23H,2-5,7H2,1H3,(H,25,26)(H,18,21,24)/t8?,9-,11-,12-,13-/m1/s1. The number of hydrogen-bond donors (Lipinski definition) is 4. The summed E-state index contributed by atoms with van der Waals surface area (Å²) < 4.78 is 25.0. The van der Waals surface area contributed by atoms with E-state index in [0.717, 1.165) is 10.9 Å². The van der Waals surface area contributed by atoms with Crippen LogP contribution in [0.15, 0.2) is 15.8 Å². The molecule has 0 bridgehead atoms. The second kappa shape index (κ2) is 10.5. The third kappa shape index (κ3) is 5.66. The van der Waals surface area contributed by atoms with Gasteiger partial charge in [-0.1, -0.05) is 6.92 Å². The minimum absolute atomic E-state index is 0.0383. The van der Waals surface area contributed by atoms with Crippen LogP contribution < -0.4 is 11.2 Å². The van der Waals surface area contributed by atoms with E-state index in [0.29, 0.717) is 11.1 Å². The molecule has 2 rings (SSSR count). The lowest BCUT2D eigenvalue weighted by Crippen LogP contribution is -2.39. The summed E-state index contributed by atoms with van der Waals surface area (Å²) >= 11 is 11.6. The number of aliphatic hydroxyl groups is 2. The molecule has 2 unspecified atom stereocenters. The molecule has 1 aliphatic rings. The molecule has 1 aromatic heterocycles. The average molecular weight is 477 g/mol. The van der Waals surface area contributed by atoms with Gasteiger partial charge in [-0.2, -0.15) is 9.78 Å². The molecule has 12 nitrogen and oxygen atoms in total. The summed E-state index contributed by atoms with van der Waals surface area (Å²) in [6.07, 6.45) is -4.54. The van der Waals surface area contributed by atoms with Crippen molar-refractivity contribution in [1.29, 1.82) is 0 Å².